The Balaban J connectivity index is 1.29. The average molecular weight is 436 g/mol. The van der Waals surface area contributed by atoms with Gasteiger partial charge in [-0.25, -0.2) is 19.7 Å². The van der Waals surface area contributed by atoms with Crippen LogP contribution in [-0.4, -0.2) is 64.2 Å². The van der Waals surface area contributed by atoms with E-state index in [1.54, 1.807) is 31.8 Å². The lowest BCUT2D eigenvalue weighted by Gasteiger charge is -2.31. The molecule has 4 heterocycles. The number of aromatic nitrogens is 4. The predicted octanol–water partition coefficient (Wildman–Crippen LogP) is 3.52. The van der Waals surface area contributed by atoms with Crippen LogP contribution in [0.25, 0.3) is 11.0 Å². The maximum atomic E-state index is 13.0. The molecule has 2 fully saturated rings. The third-order valence-corrected chi connectivity index (χ3v) is 7.61. The first kappa shape index (κ1) is 20.5. The number of nitrogens with zero attached hydrogens (tertiary/aromatic N) is 5. The molecule has 0 aromatic carbocycles. The molecule has 2 N–H and O–H groups in total. The molecule has 3 atom stereocenters. The highest BCUT2D eigenvalue weighted by molar-refractivity contribution is 5.89. The quantitative estimate of drug-likeness (QED) is 0.651. The van der Waals surface area contributed by atoms with Gasteiger partial charge in [-0.05, 0) is 35.8 Å². The summed E-state index contributed by atoms with van der Waals surface area (Å²) in [5, 5.41) is 4.01. The Kier molecular flexibility index (Phi) is 4.72. The van der Waals surface area contributed by atoms with Gasteiger partial charge < -0.3 is 24.8 Å². The summed E-state index contributed by atoms with van der Waals surface area (Å²) >= 11 is 0. The number of methoxy groups -OCH3 is 1. The van der Waals surface area contributed by atoms with Gasteiger partial charge in [0.1, 0.15) is 17.8 Å². The third-order valence-electron chi connectivity index (χ3n) is 7.61. The second-order valence-corrected chi connectivity index (χ2v) is 9.61. The number of nitrogens with one attached hydrogen (secondary N) is 2. The van der Waals surface area contributed by atoms with E-state index < -0.39 is 0 Å². The molecule has 9 nitrogen and oxygen atoms in total. The second kappa shape index (κ2) is 7.36. The molecule has 2 amide bonds. The summed E-state index contributed by atoms with van der Waals surface area (Å²) in [5.41, 5.74) is 1.59. The van der Waals surface area contributed by atoms with E-state index in [9.17, 15) is 4.79 Å². The Hall–Kier alpha value is -3.36. The smallest absolute Gasteiger partial charge is 0.321 e. The van der Waals surface area contributed by atoms with Crippen LogP contribution in [0.4, 0.5) is 16.3 Å². The molecule has 3 aromatic rings. The van der Waals surface area contributed by atoms with Crippen molar-refractivity contribution >= 4 is 28.6 Å². The normalized spacial score (nSPS) is 26.9. The van der Waals surface area contributed by atoms with Crippen molar-refractivity contribution in [3.05, 3.63) is 36.9 Å². The van der Waals surface area contributed by atoms with E-state index in [2.05, 4.69) is 51.0 Å². The van der Waals surface area contributed by atoms with Crippen LogP contribution in [0.1, 0.15) is 26.7 Å². The van der Waals surface area contributed by atoms with Crippen molar-refractivity contribution in [2.45, 2.75) is 32.7 Å². The van der Waals surface area contributed by atoms with Gasteiger partial charge in [0.2, 0.25) is 5.88 Å². The van der Waals surface area contributed by atoms with Crippen LogP contribution in [0, 0.1) is 10.8 Å². The van der Waals surface area contributed by atoms with Crippen LogP contribution in [0.15, 0.2) is 36.9 Å². The number of carbonyl (C=O) groups excluding carboxylic acids is 1. The summed E-state index contributed by atoms with van der Waals surface area (Å²) in [5.74, 6) is 1.48. The number of ether oxygens (including phenoxy) is 1. The lowest BCUT2D eigenvalue weighted by molar-refractivity contribution is 0.184. The highest BCUT2D eigenvalue weighted by atomic mass is 16.5. The van der Waals surface area contributed by atoms with Crippen molar-refractivity contribution in [3.63, 3.8) is 0 Å². The molecule has 168 valence electrons. The van der Waals surface area contributed by atoms with Crippen LogP contribution in [0.3, 0.4) is 0 Å². The van der Waals surface area contributed by atoms with Crippen molar-refractivity contribution in [3.8, 4) is 5.88 Å². The first-order valence-electron chi connectivity index (χ1n) is 10.9. The number of aromatic amines is 1. The number of rotatable bonds is 4. The van der Waals surface area contributed by atoms with E-state index >= 15 is 0 Å². The van der Waals surface area contributed by atoms with Gasteiger partial charge in [-0.3, -0.25) is 0 Å². The van der Waals surface area contributed by atoms with Gasteiger partial charge in [0.05, 0.1) is 24.4 Å². The van der Waals surface area contributed by atoms with Crippen LogP contribution >= 0.6 is 0 Å². The third kappa shape index (κ3) is 3.23. The number of hydrogen-bond acceptors (Lipinski definition) is 6. The molecular weight excluding hydrogens is 406 g/mol. The fourth-order valence-corrected chi connectivity index (χ4v) is 5.52. The maximum absolute atomic E-state index is 13.0. The lowest BCUT2D eigenvalue weighted by Crippen LogP contribution is -2.38. The number of amides is 2. The van der Waals surface area contributed by atoms with Gasteiger partial charge >= 0.3 is 6.03 Å². The molecule has 1 saturated heterocycles. The summed E-state index contributed by atoms with van der Waals surface area (Å²) in [6, 6.07) is 5.85. The van der Waals surface area contributed by atoms with Crippen molar-refractivity contribution < 1.29 is 9.53 Å². The van der Waals surface area contributed by atoms with Crippen LogP contribution in [0.2, 0.25) is 0 Å². The van der Waals surface area contributed by atoms with Gasteiger partial charge in [-0.2, -0.15) is 0 Å². The van der Waals surface area contributed by atoms with Crippen molar-refractivity contribution in [1.29, 1.82) is 0 Å². The highest BCUT2D eigenvalue weighted by Gasteiger charge is 2.59. The fraction of sp³-hybridized carbons (Fsp3) is 0.478. The molecule has 1 aliphatic heterocycles. The molecule has 1 saturated carbocycles. The van der Waals surface area contributed by atoms with Crippen molar-refractivity contribution in [2.24, 2.45) is 10.8 Å². The summed E-state index contributed by atoms with van der Waals surface area (Å²) in [7, 11) is 3.69. The van der Waals surface area contributed by atoms with Crippen LogP contribution in [0.5, 0.6) is 5.88 Å². The first-order valence-corrected chi connectivity index (χ1v) is 10.9. The van der Waals surface area contributed by atoms with E-state index in [0.29, 0.717) is 17.6 Å². The van der Waals surface area contributed by atoms with E-state index in [-0.39, 0.29) is 16.9 Å². The Morgan fingerprint density at radius 2 is 1.94 bits per heavy atom. The molecule has 0 unspecified atom stereocenters. The zero-order valence-corrected chi connectivity index (χ0v) is 18.9. The minimum atomic E-state index is -0.0800. The summed E-state index contributed by atoms with van der Waals surface area (Å²) in [6.45, 7) is 6.09. The van der Waals surface area contributed by atoms with Gasteiger partial charge in [-0.15, -0.1) is 0 Å². The minimum absolute atomic E-state index is 0.0334. The monoisotopic (exact) mass is 435 g/mol. The Bertz CT molecular complexity index is 1130. The SMILES string of the molecule is COc1ccc(NC(=O)N2C[C@]3(C)C[C@@H](N(C)c4ncnc5[nH]ccc45)C[C@]3(C)C2)cn1. The zero-order chi connectivity index (χ0) is 22.5. The summed E-state index contributed by atoms with van der Waals surface area (Å²) in [6.07, 6.45) is 7.14. The largest absolute Gasteiger partial charge is 0.481 e. The molecule has 2 aliphatic rings. The minimum Gasteiger partial charge on any atom is -0.481 e. The fourth-order valence-electron chi connectivity index (χ4n) is 5.52. The Morgan fingerprint density at radius 3 is 2.59 bits per heavy atom. The predicted molar refractivity (Wildman–Crippen MR) is 123 cm³/mol. The maximum Gasteiger partial charge on any atom is 0.321 e. The lowest BCUT2D eigenvalue weighted by atomic mass is 9.71. The molecule has 0 spiro atoms. The molecule has 0 bridgehead atoms. The topological polar surface area (TPSA) is 99.3 Å². The second-order valence-electron chi connectivity index (χ2n) is 9.61. The molecule has 0 radical (unpaired) electrons. The van der Waals surface area contributed by atoms with Gasteiger partial charge in [0.15, 0.2) is 0 Å². The van der Waals surface area contributed by atoms with Gasteiger partial charge in [0, 0.05) is 38.4 Å². The first-order chi connectivity index (χ1) is 15.3. The molecule has 3 aromatic heterocycles. The standard InChI is InChI=1S/C23H29N7O2/c1-22-9-16(29(3)20-17-7-8-24-19(17)26-14-27-20)10-23(22,2)13-30(12-22)21(31)28-15-5-6-18(32-4)25-11-15/h5-8,11,14,16H,9-10,12-13H2,1-4H3,(H,28,31)(H,24,26,27)/t16-,22+,23-. The average Bonchev–Trinajstić information content (AvgIpc) is 3.42. The van der Waals surface area contributed by atoms with Crippen molar-refractivity contribution in [1.82, 2.24) is 24.8 Å². The molecule has 1 aliphatic carbocycles. The molecule has 32 heavy (non-hydrogen) atoms. The number of carbonyl (C=O) groups is 1. The zero-order valence-electron chi connectivity index (χ0n) is 18.9. The molecule has 9 heteroatoms. The number of hydrogen-bond donors (Lipinski definition) is 2. The van der Waals surface area contributed by atoms with E-state index in [4.69, 9.17) is 4.74 Å². The van der Waals surface area contributed by atoms with Gasteiger partial charge in [0.25, 0.3) is 0 Å². The molecule has 5 rings (SSSR count). The molecular formula is C23H29N7O2. The van der Waals surface area contributed by atoms with Crippen molar-refractivity contribution in [2.75, 3.05) is 37.5 Å². The van der Waals surface area contributed by atoms with Gasteiger partial charge in [-0.1, -0.05) is 13.8 Å². The van der Waals surface area contributed by atoms with Crippen LogP contribution < -0.4 is 15.0 Å². The Morgan fingerprint density at radius 1 is 1.19 bits per heavy atom. The van der Waals surface area contributed by atoms with E-state index in [0.717, 1.165) is 42.8 Å². The number of fused-ring (bicyclic) bond motifs is 2. The summed E-state index contributed by atoms with van der Waals surface area (Å²) < 4.78 is 5.08. The Labute approximate surface area is 187 Å². The van der Waals surface area contributed by atoms with E-state index in [1.807, 2.05) is 17.2 Å². The van der Waals surface area contributed by atoms with E-state index in [1.165, 1.54) is 0 Å². The number of urea groups is 1. The number of likely N-dealkylation sites (tertiary alicyclic amines) is 1. The highest BCUT2D eigenvalue weighted by Crippen LogP contribution is 2.58. The number of pyridine rings is 1. The number of anilines is 2. The van der Waals surface area contributed by atoms with Crippen LogP contribution in [-0.2, 0) is 0 Å². The summed E-state index contributed by atoms with van der Waals surface area (Å²) in [4.78, 5) is 33.4. The number of H-pyrrole nitrogens is 1.